The van der Waals surface area contributed by atoms with Crippen LogP contribution in [0.15, 0.2) is 18.3 Å². The van der Waals surface area contributed by atoms with E-state index in [4.69, 9.17) is 5.11 Å². The first kappa shape index (κ1) is 13.1. The van der Waals surface area contributed by atoms with E-state index in [9.17, 15) is 9.59 Å². The van der Waals surface area contributed by atoms with E-state index in [0.29, 0.717) is 19.1 Å². The van der Waals surface area contributed by atoms with Crippen LogP contribution in [0.5, 0.6) is 0 Å². The SMILES string of the molecule is O=C(O)c1cccnc1C(=O)N1CCN(C2CC2)CC1. The molecule has 0 aromatic carbocycles. The summed E-state index contributed by atoms with van der Waals surface area (Å²) in [7, 11) is 0. The summed E-state index contributed by atoms with van der Waals surface area (Å²) in [5.41, 5.74) is 0.0157. The standard InChI is InChI=1S/C14H17N3O3/c18-13(12-11(14(19)20)2-1-5-15-12)17-8-6-16(7-9-17)10-3-4-10/h1-2,5,10H,3-4,6-9H2,(H,19,20). The molecule has 6 heteroatoms. The third-order valence-corrected chi connectivity index (χ3v) is 3.91. The van der Waals surface area contributed by atoms with Crippen molar-refractivity contribution in [2.24, 2.45) is 0 Å². The van der Waals surface area contributed by atoms with Gasteiger partial charge in [-0.15, -0.1) is 0 Å². The molecule has 1 aliphatic heterocycles. The molecule has 1 aromatic rings. The Hall–Kier alpha value is -1.95. The van der Waals surface area contributed by atoms with Crippen LogP contribution in [0, 0.1) is 0 Å². The van der Waals surface area contributed by atoms with Crippen molar-refractivity contribution in [2.75, 3.05) is 26.2 Å². The Labute approximate surface area is 117 Å². The molecule has 1 saturated heterocycles. The van der Waals surface area contributed by atoms with Crippen LogP contribution in [0.3, 0.4) is 0 Å². The Bertz CT molecular complexity index is 534. The molecular formula is C14H17N3O3. The first-order chi connectivity index (χ1) is 9.66. The van der Waals surface area contributed by atoms with Gasteiger partial charge >= 0.3 is 5.97 Å². The van der Waals surface area contributed by atoms with Crippen molar-refractivity contribution < 1.29 is 14.7 Å². The molecule has 0 bridgehead atoms. The Morgan fingerprint density at radius 2 is 1.90 bits per heavy atom. The number of aromatic carboxylic acids is 1. The highest BCUT2D eigenvalue weighted by Gasteiger charge is 2.33. The number of piperazine rings is 1. The van der Waals surface area contributed by atoms with Gasteiger partial charge in [0.2, 0.25) is 0 Å². The fourth-order valence-corrected chi connectivity index (χ4v) is 2.63. The molecule has 1 aliphatic carbocycles. The lowest BCUT2D eigenvalue weighted by molar-refractivity contribution is 0.0602. The molecule has 0 spiro atoms. The second-order valence-corrected chi connectivity index (χ2v) is 5.26. The molecule has 106 valence electrons. The van der Waals surface area contributed by atoms with Crippen LogP contribution in [0.4, 0.5) is 0 Å². The molecule has 0 radical (unpaired) electrons. The highest BCUT2D eigenvalue weighted by Crippen LogP contribution is 2.27. The van der Waals surface area contributed by atoms with Gasteiger partial charge in [0.25, 0.3) is 5.91 Å². The Kier molecular flexibility index (Phi) is 3.40. The predicted molar refractivity (Wildman–Crippen MR) is 71.7 cm³/mol. The van der Waals surface area contributed by atoms with Crippen molar-refractivity contribution in [3.63, 3.8) is 0 Å². The second-order valence-electron chi connectivity index (χ2n) is 5.26. The van der Waals surface area contributed by atoms with Crippen LogP contribution in [0.1, 0.15) is 33.7 Å². The minimum atomic E-state index is -1.11. The van der Waals surface area contributed by atoms with E-state index in [1.54, 1.807) is 4.90 Å². The van der Waals surface area contributed by atoms with E-state index < -0.39 is 5.97 Å². The number of nitrogens with zero attached hydrogens (tertiary/aromatic N) is 3. The number of hydrogen-bond donors (Lipinski definition) is 1. The van der Waals surface area contributed by atoms with Crippen molar-refractivity contribution in [3.8, 4) is 0 Å². The molecule has 20 heavy (non-hydrogen) atoms. The lowest BCUT2D eigenvalue weighted by Crippen LogP contribution is -2.49. The fraction of sp³-hybridized carbons (Fsp3) is 0.500. The van der Waals surface area contributed by atoms with Gasteiger partial charge < -0.3 is 10.0 Å². The van der Waals surface area contributed by atoms with Crippen molar-refractivity contribution in [1.82, 2.24) is 14.8 Å². The molecule has 3 rings (SSSR count). The van der Waals surface area contributed by atoms with E-state index >= 15 is 0 Å². The lowest BCUT2D eigenvalue weighted by Gasteiger charge is -2.34. The van der Waals surface area contributed by atoms with Crippen LogP contribution in [0.2, 0.25) is 0 Å². The predicted octanol–water partition coefficient (Wildman–Crippen LogP) is 0.700. The van der Waals surface area contributed by atoms with Gasteiger partial charge in [-0.25, -0.2) is 4.79 Å². The number of carboxylic acid groups (broad SMARTS) is 1. The monoisotopic (exact) mass is 275 g/mol. The molecule has 2 heterocycles. The van der Waals surface area contributed by atoms with Crippen LogP contribution < -0.4 is 0 Å². The molecular weight excluding hydrogens is 258 g/mol. The maximum Gasteiger partial charge on any atom is 0.338 e. The fourth-order valence-electron chi connectivity index (χ4n) is 2.63. The molecule has 1 N–H and O–H groups in total. The average Bonchev–Trinajstić information content (AvgIpc) is 3.31. The molecule has 0 unspecified atom stereocenters. The van der Waals surface area contributed by atoms with E-state index in [-0.39, 0.29) is 17.2 Å². The minimum absolute atomic E-state index is 0.0258. The summed E-state index contributed by atoms with van der Waals surface area (Å²) < 4.78 is 0. The highest BCUT2D eigenvalue weighted by molar-refractivity contribution is 6.03. The number of carboxylic acids is 1. The normalized spacial score (nSPS) is 19.9. The molecule has 2 aliphatic rings. The smallest absolute Gasteiger partial charge is 0.338 e. The van der Waals surface area contributed by atoms with Crippen LogP contribution >= 0.6 is 0 Å². The van der Waals surface area contributed by atoms with E-state index in [1.165, 1.54) is 31.2 Å². The van der Waals surface area contributed by atoms with Crippen LogP contribution in [-0.4, -0.2) is 64.0 Å². The van der Waals surface area contributed by atoms with E-state index in [0.717, 1.165) is 13.1 Å². The number of aromatic nitrogens is 1. The van der Waals surface area contributed by atoms with Crippen molar-refractivity contribution in [2.45, 2.75) is 18.9 Å². The van der Waals surface area contributed by atoms with E-state index in [2.05, 4.69) is 9.88 Å². The van der Waals surface area contributed by atoms with Crippen LogP contribution in [-0.2, 0) is 0 Å². The number of pyridine rings is 1. The summed E-state index contributed by atoms with van der Waals surface area (Å²) >= 11 is 0. The number of hydrogen-bond acceptors (Lipinski definition) is 4. The molecule has 0 atom stereocenters. The van der Waals surface area contributed by atoms with Crippen LogP contribution in [0.25, 0.3) is 0 Å². The lowest BCUT2D eigenvalue weighted by atomic mass is 10.1. The zero-order valence-corrected chi connectivity index (χ0v) is 11.2. The summed E-state index contributed by atoms with van der Waals surface area (Å²) in [4.78, 5) is 31.6. The summed E-state index contributed by atoms with van der Waals surface area (Å²) in [6.07, 6.45) is 3.98. The topological polar surface area (TPSA) is 73.7 Å². The first-order valence-corrected chi connectivity index (χ1v) is 6.88. The molecule has 1 saturated carbocycles. The third-order valence-electron chi connectivity index (χ3n) is 3.91. The summed E-state index contributed by atoms with van der Waals surface area (Å²) in [5.74, 6) is -1.39. The number of rotatable bonds is 3. The van der Waals surface area contributed by atoms with Gasteiger partial charge in [0.05, 0.1) is 5.56 Å². The quantitative estimate of drug-likeness (QED) is 0.879. The molecule has 1 amide bonds. The Morgan fingerprint density at radius 1 is 1.20 bits per heavy atom. The zero-order chi connectivity index (χ0) is 14.1. The van der Waals surface area contributed by atoms with Gasteiger partial charge in [-0.3, -0.25) is 14.7 Å². The average molecular weight is 275 g/mol. The van der Waals surface area contributed by atoms with Gasteiger partial charge in [-0.2, -0.15) is 0 Å². The second kappa shape index (κ2) is 5.20. The molecule has 2 fully saturated rings. The Balaban J connectivity index is 1.71. The third kappa shape index (κ3) is 2.51. The van der Waals surface area contributed by atoms with Crippen molar-refractivity contribution in [3.05, 3.63) is 29.6 Å². The zero-order valence-electron chi connectivity index (χ0n) is 11.2. The van der Waals surface area contributed by atoms with Gasteiger partial charge in [-0.1, -0.05) is 0 Å². The Morgan fingerprint density at radius 3 is 2.50 bits per heavy atom. The minimum Gasteiger partial charge on any atom is -0.478 e. The summed E-state index contributed by atoms with van der Waals surface area (Å²) in [6.45, 7) is 3.02. The molecule has 6 nitrogen and oxygen atoms in total. The largest absolute Gasteiger partial charge is 0.478 e. The van der Waals surface area contributed by atoms with Crippen molar-refractivity contribution in [1.29, 1.82) is 0 Å². The van der Waals surface area contributed by atoms with Gasteiger partial charge in [0.15, 0.2) is 0 Å². The summed E-state index contributed by atoms with van der Waals surface area (Å²) in [5, 5.41) is 9.12. The number of carbonyl (C=O) groups excluding carboxylic acids is 1. The summed E-state index contributed by atoms with van der Waals surface area (Å²) in [6, 6.07) is 3.66. The van der Waals surface area contributed by atoms with Crippen molar-refractivity contribution >= 4 is 11.9 Å². The number of amides is 1. The maximum atomic E-state index is 12.4. The maximum absolute atomic E-state index is 12.4. The van der Waals surface area contributed by atoms with Gasteiger partial charge in [0.1, 0.15) is 5.69 Å². The van der Waals surface area contributed by atoms with E-state index in [1.807, 2.05) is 0 Å². The van der Waals surface area contributed by atoms with Gasteiger partial charge in [0, 0.05) is 38.4 Å². The van der Waals surface area contributed by atoms with Gasteiger partial charge in [-0.05, 0) is 25.0 Å². The highest BCUT2D eigenvalue weighted by atomic mass is 16.4. The molecule has 1 aromatic heterocycles. The first-order valence-electron chi connectivity index (χ1n) is 6.88. The number of carbonyl (C=O) groups is 2.